The summed E-state index contributed by atoms with van der Waals surface area (Å²) in [6.45, 7) is 2.57. The van der Waals surface area contributed by atoms with E-state index in [0.29, 0.717) is 48.8 Å². The number of morpholine rings is 1. The van der Waals surface area contributed by atoms with Gasteiger partial charge in [-0.05, 0) is 42.5 Å². The molecular weight excluding hydrogens is 486 g/mol. The SMILES string of the molecule is Oc1ccc(Br)cc1C=NNc1nc(Nc2ccc(Cl)cc2)nc(N2CCOCC2)n1. The van der Waals surface area contributed by atoms with Crippen molar-refractivity contribution in [3.63, 3.8) is 0 Å². The molecule has 31 heavy (non-hydrogen) atoms. The molecule has 1 aliphatic heterocycles. The van der Waals surface area contributed by atoms with Crippen LogP contribution in [-0.4, -0.2) is 52.6 Å². The maximum atomic E-state index is 9.96. The monoisotopic (exact) mass is 503 g/mol. The Kier molecular flexibility index (Phi) is 6.80. The second-order valence-corrected chi connectivity index (χ2v) is 7.94. The van der Waals surface area contributed by atoms with E-state index in [1.165, 1.54) is 6.21 Å². The van der Waals surface area contributed by atoms with Crippen LogP contribution in [0, 0.1) is 0 Å². The minimum absolute atomic E-state index is 0.114. The zero-order valence-corrected chi connectivity index (χ0v) is 18.6. The van der Waals surface area contributed by atoms with Crippen molar-refractivity contribution in [2.24, 2.45) is 5.10 Å². The normalized spacial score (nSPS) is 14.1. The van der Waals surface area contributed by atoms with Gasteiger partial charge in [-0.25, -0.2) is 5.43 Å². The van der Waals surface area contributed by atoms with Gasteiger partial charge in [0.25, 0.3) is 0 Å². The fraction of sp³-hybridized carbons (Fsp3) is 0.200. The van der Waals surface area contributed by atoms with Crippen molar-refractivity contribution in [3.05, 3.63) is 57.5 Å². The Balaban J connectivity index is 1.58. The lowest BCUT2D eigenvalue weighted by Crippen LogP contribution is -2.37. The highest BCUT2D eigenvalue weighted by Gasteiger charge is 2.16. The zero-order valence-electron chi connectivity index (χ0n) is 16.3. The van der Waals surface area contributed by atoms with Gasteiger partial charge in [-0.1, -0.05) is 27.5 Å². The van der Waals surface area contributed by atoms with Crippen molar-refractivity contribution < 1.29 is 9.84 Å². The van der Waals surface area contributed by atoms with Crippen molar-refractivity contribution in [2.75, 3.05) is 41.9 Å². The van der Waals surface area contributed by atoms with Crippen LogP contribution >= 0.6 is 27.5 Å². The predicted octanol–water partition coefficient (Wildman–Crippen LogP) is 4.02. The molecule has 11 heteroatoms. The number of aromatic nitrogens is 3. The van der Waals surface area contributed by atoms with E-state index in [2.05, 4.69) is 46.7 Å². The Bertz CT molecular complexity index is 1080. The summed E-state index contributed by atoms with van der Waals surface area (Å²) in [6.07, 6.45) is 1.49. The number of nitrogens with zero attached hydrogens (tertiary/aromatic N) is 5. The molecular formula is C20H19BrClN7O2. The quantitative estimate of drug-likeness (QED) is 0.341. The summed E-state index contributed by atoms with van der Waals surface area (Å²) in [6, 6.07) is 12.3. The number of hydrazone groups is 1. The van der Waals surface area contributed by atoms with E-state index in [-0.39, 0.29) is 11.7 Å². The average molecular weight is 505 g/mol. The van der Waals surface area contributed by atoms with Gasteiger partial charge in [0, 0.05) is 33.8 Å². The van der Waals surface area contributed by atoms with Crippen LogP contribution in [0.25, 0.3) is 0 Å². The van der Waals surface area contributed by atoms with Crippen molar-refractivity contribution in [1.82, 2.24) is 15.0 Å². The highest BCUT2D eigenvalue weighted by molar-refractivity contribution is 9.10. The number of anilines is 4. The molecule has 1 fully saturated rings. The minimum Gasteiger partial charge on any atom is -0.507 e. The fourth-order valence-corrected chi connectivity index (χ4v) is 3.33. The van der Waals surface area contributed by atoms with E-state index < -0.39 is 0 Å². The smallest absolute Gasteiger partial charge is 0.250 e. The molecule has 160 valence electrons. The Hall–Kier alpha value is -2.95. The molecule has 2 aromatic carbocycles. The second-order valence-electron chi connectivity index (χ2n) is 6.59. The molecule has 3 aromatic rings. The van der Waals surface area contributed by atoms with Crippen LogP contribution in [0.1, 0.15) is 5.56 Å². The summed E-state index contributed by atoms with van der Waals surface area (Å²) in [5.41, 5.74) is 4.15. The van der Waals surface area contributed by atoms with Crippen LogP contribution in [0.5, 0.6) is 5.75 Å². The first-order chi connectivity index (χ1) is 15.1. The van der Waals surface area contributed by atoms with Crippen LogP contribution in [0.4, 0.5) is 23.5 Å². The Labute approximate surface area is 192 Å². The molecule has 9 nitrogen and oxygen atoms in total. The fourth-order valence-electron chi connectivity index (χ4n) is 2.83. The summed E-state index contributed by atoms with van der Waals surface area (Å²) in [5, 5.41) is 17.9. The number of hydrogen-bond donors (Lipinski definition) is 3. The molecule has 4 rings (SSSR count). The van der Waals surface area contributed by atoms with Crippen LogP contribution in [-0.2, 0) is 4.74 Å². The molecule has 1 aliphatic rings. The van der Waals surface area contributed by atoms with Gasteiger partial charge in [0.2, 0.25) is 17.8 Å². The minimum atomic E-state index is 0.114. The van der Waals surface area contributed by atoms with Gasteiger partial charge in [0.15, 0.2) is 0 Å². The Morgan fingerprint density at radius 2 is 1.81 bits per heavy atom. The summed E-state index contributed by atoms with van der Waals surface area (Å²) in [5.74, 6) is 1.25. The average Bonchev–Trinajstić information content (AvgIpc) is 2.78. The van der Waals surface area contributed by atoms with Gasteiger partial charge in [0.1, 0.15) is 5.75 Å². The Morgan fingerprint density at radius 1 is 1.06 bits per heavy atom. The summed E-state index contributed by atoms with van der Waals surface area (Å²) in [4.78, 5) is 15.4. The molecule has 2 heterocycles. The number of halogens is 2. The summed E-state index contributed by atoms with van der Waals surface area (Å²) in [7, 11) is 0. The number of hydrogen-bond acceptors (Lipinski definition) is 9. The van der Waals surface area contributed by atoms with Gasteiger partial charge in [-0.15, -0.1) is 0 Å². The molecule has 1 aromatic heterocycles. The third-order valence-electron chi connectivity index (χ3n) is 4.38. The molecule has 0 aliphatic carbocycles. The third-order valence-corrected chi connectivity index (χ3v) is 5.12. The molecule has 0 radical (unpaired) electrons. The molecule has 0 unspecified atom stereocenters. The maximum Gasteiger partial charge on any atom is 0.250 e. The van der Waals surface area contributed by atoms with Gasteiger partial charge >= 0.3 is 0 Å². The van der Waals surface area contributed by atoms with Gasteiger partial charge in [-0.3, -0.25) is 0 Å². The number of rotatable bonds is 6. The lowest BCUT2D eigenvalue weighted by atomic mass is 10.2. The van der Waals surface area contributed by atoms with Crippen molar-refractivity contribution in [3.8, 4) is 5.75 Å². The zero-order chi connectivity index (χ0) is 21.6. The van der Waals surface area contributed by atoms with Crippen molar-refractivity contribution >= 4 is 57.3 Å². The van der Waals surface area contributed by atoms with Crippen molar-refractivity contribution in [1.29, 1.82) is 0 Å². The number of benzene rings is 2. The highest BCUT2D eigenvalue weighted by Crippen LogP contribution is 2.22. The van der Waals surface area contributed by atoms with E-state index >= 15 is 0 Å². The molecule has 1 saturated heterocycles. The molecule has 0 spiro atoms. The van der Waals surface area contributed by atoms with Crippen LogP contribution in [0.2, 0.25) is 5.02 Å². The third kappa shape index (κ3) is 5.81. The number of aromatic hydroxyl groups is 1. The second kappa shape index (κ2) is 9.90. The molecule has 3 N–H and O–H groups in total. The largest absolute Gasteiger partial charge is 0.507 e. The standard InChI is InChI=1S/C20H19BrClN7O2/c21-14-1-6-17(30)13(11-14)12-23-28-19-25-18(24-16-4-2-15(22)3-5-16)26-20(27-19)29-7-9-31-10-8-29/h1-6,11-12,30H,7-10H2,(H2,24,25,26,27,28). The van der Waals surface area contributed by atoms with Crippen LogP contribution in [0.15, 0.2) is 52.0 Å². The Morgan fingerprint density at radius 3 is 2.58 bits per heavy atom. The lowest BCUT2D eigenvalue weighted by molar-refractivity contribution is 0.122. The number of nitrogens with one attached hydrogen (secondary N) is 2. The molecule has 0 bridgehead atoms. The lowest BCUT2D eigenvalue weighted by Gasteiger charge is -2.27. The van der Waals surface area contributed by atoms with Crippen LogP contribution in [0.3, 0.4) is 0 Å². The number of phenols is 1. The predicted molar refractivity (Wildman–Crippen MR) is 125 cm³/mol. The number of phenolic OH excluding ortho intramolecular Hbond substituents is 1. The molecule has 0 amide bonds. The van der Waals surface area contributed by atoms with E-state index in [0.717, 1.165) is 10.2 Å². The summed E-state index contributed by atoms with van der Waals surface area (Å²) < 4.78 is 6.25. The van der Waals surface area contributed by atoms with E-state index in [4.69, 9.17) is 16.3 Å². The maximum absolute atomic E-state index is 9.96. The van der Waals surface area contributed by atoms with Crippen LogP contribution < -0.4 is 15.6 Å². The molecule has 0 saturated carbocycles. The first-order valence-corrected chi connectivity index (χ1v) is 10.6. The topological polar surface area (TPSA) is 108 Å². The van der Waals surface area contributed by atoms with E-state index in [1.54, 1.807) is 30.3 Å². The van der Waals surface area contributed by atoms with E-state index in [1.807, 2.05) is 17.0 Å². The highest BCUT2D eigenvalue weighted by atomic mass is 79.9. The van der Waals surface area contributed by atoms with E-state index in [9.17, 15) is 5.11 Å². The van der Waals surface area contributed by atoms with Crippen molar-refractivity contribution in [2.45, 2.75) is 0 Å². The molecule has 0 atom stereocenters. The summed E-state index contributed by atoms with van der Waals surface area (Å²) >= 11 is 9.33. The van der Waals surface area contributed by atoms with Gasteiger partial charge in [-0.2, -0.15) is 20.1 Å². The van der Waals surface area contributed by atoms with Gasteiger partial charge in [0.05, 0.1) is 19.4 Å². The first-order valence-electron chi connectivity index (χ1n) is 9.46. The first kappa shape index (κ1) is 21.3. The number of ether oxygens (including phenoxy) is 1. The van der Waals surface area contributed by atoms with Gasteiger partial charge < -0.3 is 20.1 Å².